The summed E-state index contributed by atoms with van der Waals surface area (Å²) in [4.78, 5) is 13.3. The molecule has 1 fully saturated rings. The van der Waals surface area contributed by atoms with Gasteiger partial charge in [0.2, 0.25) is 0 Å². The molecule has 0 unspecified atom stereocenters. The highest BCUT2D eigenvalue weighted by Crippen LogP contribution is 1.92. The van der Waals surface area contributed by atoms with Crippen molar-refractivity contribution in [3.8, 4) is 0 Å². The second-order valence-electron chi connectivity index (χ2n) is 3.26. The zero-order valence-electron chi connectivity index (χ0n) is 9.12. The van der Waals surface area contributed by atoms with Gasteiger partial charge in [-0.3, -0.25) is 0 Å². The number of amides is 2. The van der Waals surface area contributed by atoms with Crippen molar-refractivity contribution in [2.45, 2.75) is 0 Å². The molecule has 2 amide bonds. The number of ether oxygens (including phenoxy) is 2. The first-order valence-electron chi connectivity index (χ1n) is 5.15. The Morgan fingerprint density at radius 1 is 1.40 bits per heavy atom. The minimum Gasteiger partial charge on any atom is -0.382 e. The molecular formula is C9H19N3O3. The number of nitrogens with one attached hydrogen (secondary N) is 2. The lowest BCUT2D eigenvalue weighted by atomic mass is 10.4. The summed E-state index contributed by atoms with van der Waals surface area (Å²) in [6.07, 6.45) is 0. The van der Waals surface area contributed by atoms with Crippen LogP contribution in [0.3, 0.4) is 0 Å². The summed E-state index contributed by atoms with van der Waals surface area (Å²) < 4.78 is 9.95. The van der Waals surface area contributed by atoms with E-state index < -0.39 is 0 Å². The maximum atomic E-state index is 11.5. The van der Waals surface area contributed by atoms with Gasteiger partial charge in [0.15, 0.2) is 0 Å². The number of nitrogens with zero attached hydrogens (tertiary/aromatic N) is 1. The van der Waals surface area contributed by atoms with Crippen LogP contribution in [0.2, 0.25) is 0 Å². The maximum Gasteiger partial charge on any atom is 0.319 e. The molecule has 0 aromatic heterocycles. The van der Waals surface area contributed by atoms with Gasteiger partial charge in [-0.05, 0) is 0 Å². The van der Waals surface area contributed by atoms with Gasteiger partial charge in [-0.25, -0.2) is 4.79 Å². The zero-order chi connectivity index (χ0) is 10.9. The summed E-state index contributed by atoms with van der Waals surface area (Å²) in [6.45, 7) is 4.51. The third-order valence-corrected chi connectivity index (χ3v) is 2.16. The van der Waals surface area contributed by atoms with Crippen molar-refractivity contribution in [3.05, 3.63) is 0 Å². The van der Waals surface area contributed by atoms with Crippen molar-refractivity contribution in [2.75, 3.05) is 53.2 Å². The molecule has 88 valence electrons. The van der Waals surface area contributed by atoms with Crippen molar-refractivity contribution in [1.82, 2.24) is 15.5 Å². The third kappa shape index (κ3) is 4.96. The van der Waals surface area contributed by atoms with Crippen LogP contribution in [0.4, 0.5) is 4.79 Å². The molecule has 0 radical (unpaired) electrons. The van der Waals surface area contributed by atoms with Crippen LogP contribution in [0.15, 0.2) is 0 Å². The van der Waals surface area contributed by atoms with Crippen LogP contribution in [-0.2, 0) is 9.47 Å². The van der Waals surface area contributed by atoms with Crippen LogP contribution in [0.1, 0.15) is 0 Å². The van der Waals surface area contributed by atoms with E-state index in [0.717, 1.165) is 26.2 Å². The Balaban J connectivity index is 2.02. The lowest BCUT2D eigenvalue weighted by Gasteiger charge is -2.27. The van der Waals surface area contributed by atoms with E-state index in [1.54, 1.807) is 12.0 Å². The molecule has 1 aliphatic rings. The van der Waals surface area contributed by atoms with Crippen LogP contribution in [0, 0.1) is 0 Å². The van der Waals surface area contributed by atoms with Gasteiger partial charge in [0.1, 0.15) is 6.73 Å². The number of rotatable bonds is 5. The fraction of sp³-hybridized carbons (Fsp3) is 0.889. The molecule has 1 aliphatic heterocycles. The van der Waals surface area contributed by atoms with Crippen LogP contribution in [-0.4, -0.2) is 64.2 Å². The van der Waals surface area contributed by atoms with Gasteiger partial charge >= 0.3 is 6.03 Å². The number of piperazine rings is 1. The fourth-order valence-corrected chi connectivity index (χ4v) is 1.31. The van der Waals surface area contributed by atoms with Gasteiger partial charge in [0.25, 0.3) is 0 Å². The van der Waals surface area contributed by atoms with Crippen LogP contribution < -0.4 is 10.6 Å². The number of hydrogen-bond acceptors (Lipinski definition) is 4. The largest absolute Gasteiger partial charge is 0.382 e. The molecule has 1 rings (SSSR count). The van der Waals surface area contributed by atoms with E-state index in [4.69, 9.17) is 9.47 Å². The molecular weight excluding hydrogens is 198 g/mol. The Morgan fingerprint density at radius 2 is 2.13 bits per heavy atom. The summed E-state index contributed by atoms with van der Waals surface area (Å²) in [7, 11) is 1.61. The first-order chi connectivity index (χ1) is 7.34. The molecule has 6 nitrogen and oxygen atoms in total. The molecule has 2 N–H and O–H groups in total. The monoisotopic (exact) mass is 217 g/mol. The van der Waals surface area contributed by atoms with Crippen molar-refractivity contribution >= 4 is 6.03 Å². The van der Waals surface area contributed by atoms with Crippen LogP contribution in [0.25, 0.3) is 0 Å². The van der Waals surface area contributed by atoms with E-state index in [1.807, 2.05) is 0 Å². The first-order valence-corrected chi connectivity index (χ1v) is 5.15. The van der Waals surface area contributed by atoms with E-state index in [2.05, 4.69) is 10.6 Å². The Morgan fingerprint density at radius 3 is 2.80 bits per heavy atom. The molecule has 0 aromatic carbocycles. The molecule has 0 bridgehead atoms. The quantitative estimate of drug-likeness (QED) is 0.468. The highest BCUT2D eigenvalue weighted by molar-refractivity contribution is 5.74. The molecule has 0 atom stereocenters. The predicted molar refractivity (Wildman–Crippen MR) is 55.7 cm³/mol. The van der Waals surface area contributed by atoms with Gasteiger partial charge in [0.05, 0.1) is 13.2 Å². The number of urea groups is 1. The smallest absolute Gasteiger partial charge is 0.319 e. The Labute approximate surface area is 89.9 Å². The van der Waals surface area contributed by atoms with Crippen LogP contribution >= 0.6 is 0 Å². The molecule has 1 saturated heterocycles. The average Bonchev–Trinajstić information content (AvgIpc) is 2.30. The first kappa shape index (κ1) is 12.2. The summed E-state index contributed by atoms with van der Waals surface area (Å²) in [5.41, 5.74) is 0. The van der Waals surface area contributed by atoms with Gasteiger partial charge in [0, 0.05) is 33.3 Å². The minimum atomic E-state index is -0.0612. The fourth-order valence-electron chi connectivity index (χ4n) is 1.31. The minimum absolute atomic E-state index is 0.0612. The molecule has 15 heavy (non-hydrogen) atoms. The lowest BCUT2D eigenvalue weighted by molar-refractivity contribution is 0.0613. The van der Waals surface area contributed by atoms with Crippen LogP contribution in [0.5, 0.6) is 0 Å². The average molecular weight is 217 g/mol. The van der Waals surface area contributed by atoms with Crippen molar-refractivity contribution < 1.29 is 14.3 Å². The third-order valence-electron chi connectivity index (χ3n) is 2.16. The van der Waals surface area contributed by atoms with Gasteiger partial charge in [-0.1, -0.05) is 0 Å². The van der Waals surface area contributed by atoms with E-state index in [-0.39, 0.29) is 12.8 Å². The number of methoxy groups -OCH3 is 1. The van der Waals surface area contributed by atoms with Crippen molar-refractivity contribution in [1.29, 1.82) is 0 Å². The number of carbonyl (C=O) groups is 1. The summed E-state index contributed by atoms with van der Waals surface area (Å²) in [5.74, 6) is 0. The van der Waals surface area contributed by atoms with E-state index >= 15 is 0 Å². The summed E-state index contributed by atoms with van der Waals surface area (Å²) in [5, 5.41) is 5.88. The topological polar surface area (TPSA) is 62.8 Å². The molecule has 1 heterocycles. The van der Waals surface area contributed by atoms with Gasteiger partial charge in [-0.2, -0.15) is 0 Å². The Hall–Kier alpha value is -0.850. The lowest BCUT2D eigenvalue weighted by Crippen LogP contribution is -2.50. The maximum absolute atomic E-state index is 11.5. The number of carbonyl (C=O) groups excluding carboxylic acids is 1. The standard InChI is InChI=1S/C9H19N3O3/c1-14-6-7-15-8-11-9(13)12-4-2-10-3-5-12/h10H,2-8H2,1H3,(H,11,13). The molecule has 0 aliphatic carbocycles. The second-order valence-corrected chi connectivity index (χ2v) is 3.26. The Bertz CT molecular complexity index is 183. The highest BCUT2D eigenvalue weighted by atomic mass is 16.5. The van der Waals surface area contributed by atoms with E-state index in [1.165, 1.54) is 0 Å². The van der Waals surface area contributed by atoms with Crippen molar-refractivity contribution in [2.24, 2.45) is 0 Å². The SMILES string of the molecule is COCCOCNC(=O)N1CCNCC1. The zero-order valence-corrected chi connectivity index (χ0v) is 9.12. The van der Waals surface area contributed by atoms with Crippen molar-refractivity contribution in [3.63, 3.8) is 0 Å². The molecule has 0 spiro atoms. The van der Waals surface area contributed by atoms with E-state index in [9.17, 15) is 4.79 Å². The highest BCUT2D eigenvalue weighted by Gasteiger charge is 2.14. The molecule has 0 saturated carbocycles. The molecule has 0 aromatic rings. The number of hydrogen-bond donors (Lipinski definition) is 2. The second kappa shape index (κ2) is 7.44. The van der Waals surface area contributed by atoms with Gasteiger partial charge in [-0.15, -0.1) is 0 Å². The summed E-state index contributed by atoms with van der Waals surface area (Å²) >= 11 is 0. The van der Waals surface area contributed by atoms with Gasteiger partial charge < -0.3 is 25.0 Å². The molecule has 6 heteroatoms. The predicted octanol–water partition coefficient (Wildman–Crippen LogP) is -0.778. The van der Waals surface area contributed by atoms with E-state index in [0.29, 0.717) is 13.2 Å². The normalized spacial score (nSPS) is 16.5. The Kier molecular flexibility index (Phi) is 6.06. The summed E-state index contributed by atoms with van der Waals surface area (Å²) in [6, 6.07) is -0.0612.